The molecule has 2 aromatic carbocycles. The third-order valence-corrected chi connectivity index (χ3v) is 4.92. The predicted octanol–water partition coefficient (Wildman–Crippen LogP) is 5.32. The minimum Gasteiger partial charge on any atom is -0.455 e. The lowest BCUT2D eigenvalue weighted by Crippen LogP contribution is -2.14. The van der Waals surface area contributed by atoms with Gasteiger partial charge in [-0.3, -0.25) is 4.79 Å². The van der Waals surface area contributed by atoms with Gasteiger partial charge in [0.1, 0.15) is 11.6 Å². The van der Waals surface area contributed by atoms with Crippen molar-refractivity contribution in [2.24, 2.45) is 0 Å². The van der Waals surface area contributed by atoms with E-state index in [-0.39, 0.29) is 18.1 Å². The maximum absolute atomic E-state index is 13.4. The minimum absolute atomic E-state index is 0.145. The normalized spacial score (nSPS) is 10.6. The van der Waals surface area contributed by atoms with Gasteiger partial charge in [0.2, 0.25) is 5.91 Å². The van der Waals surface area contributed by atoms with Crippen molar-refractivity contribution in [2.75, 3.05) is 11.6 Å². The molecule has 1 aromatic heterocycles. The first-order chi connectivity index (χ1) is 14.0. The van der Waals surface area contributed by atoms with Gasteiger partial charge in [-0.05, 0) is 56.4 Å². The monoisotopic (exact) mass is 411 g/mol. The Kier molecular flexibility index (Phi) is 6.82. The lowest BCUT2D eigenvalue weighted by molar-refractivity contribution is -0.116. The van der Waals surface area contributed by atoms with E-state index in [0.717, 1.165) is 22.1 Å². The van der Waals surface area contributed by atoms with Crippen LogP contribution in [0, 0.1) is 19.7 Å². The lowest BCUT2D eigenvalue weighted by atomic mass is 10.1. The van der Waals surface area contributed by atoms with E-state index >= 15 is 0 Å². The summed E-state index contributed by atoms with van der Waals surface area (Å²) in [6, 6.07) is 12.9. The number of ether oxygens (including phenoxy) is 1. The molecule has 0 bridgehead atoms. The van der Waals surface area contributed by atoms with Crippen molar-refractivity contribution in [3.63, 3.8) is 0 Å². The highest BCUT2D eigenvalue weighted by Gasteiger charge is 2.13. The van der Waals surface area contributed by atoms with Crippen LogP contribution in [0.4, 0.5) is 10.1 Å². The van der Waals surface area contributed by atoms with Crippen LogP contribution in [0.25, 0.3) is 0 Å². The van der Waals surface area contributed by atoms with Crippen LogP contribution in [0.1, 0.15) is 23.4 Å². The van der Waals surface area contributed by atoms with Crippen LogP contribution in [0.3, 0.4) is 0 Å². The summed E-state index contributed by atoms with van der Waals surface area (Å²) >= 11 is 1.50. The number of rotatable bonds is 7. The van der Waals surface area contributed by atoms with Crippen LogP contribution in [-0.2, 0) is 11.2 Å². The highest BCUT2D eigenvalue weighted by molar-refractivity contribution is 7.98. The molecule has 150 valence electrons. The Morgan fingerprint density at radius 3 is 2.52 bits per heavy atom. The Balaban J connectivity index is 1.67. The Morgan fingerprint density at radius 2 is 1.83 bits per heavy atom. The van der Waals surface area contributed by atoms with Crippen molar-refractivity contribution in [1.29, 1.82) is 0 Å². The Bertz CT molecular complexity index is 1000. The molecule has 1 N–H and O–H groups in total. The van der Waals surface area contributed by atoms with Crippen LogP contribution in [0.5, 0.6) is 11.5 Å². The second-order valence-corrected chi connectivity index (χ2v) is 7.24. The standard InChI is InChI=1S/C22H22FN3O2S/c1-14-18(15(2)25-22(24-14)29-3)11-12-21(27)26-19-9-4-5-10-20(19)28-17-8-6-7-16(23)13-17/h4-10,13H,11-12H2,1-3H3,(H,26,27). The number of benzene rings is 2. The number of hydrogen-bond acceptors (Lipinski definition) is 5. The number of aryl methyl sites for hydroxylation is 2. The van der Waals surface area contributed by atoms with Gasteiger partial charge in [0.15, 0.2) is 10.9 Å². The minimum atomic E-state index is -0.385. The number of carbonyl (C=O) groups excluding carboxylic acids is 1. The predicted molar refractivity (Wildman–Crippen MR) is 113 cm³/mol. The molecule has 0 radical (unpaired) electrons. The van der Waals surface area contributed by atoms with E-state index in [1.807, 2.05) is 20.1 Å². The molecule has 0 aliphatic carbocycles. The van der Waals surface area contributed by atoms with Crippen LogP contribution >= 0.6 is 11.8 Å². The van der Waals surface area contributed by atoms with Crippen molar-refractivity contribution >= 4 is 23.4 Å². The number of para-hydroxylation sites is 2. The van der Waals surface area contributed by atoms with Crippen molar-refractivity contribution in [3.05, 3.63) is 71.3 Å². The maximum atomic E-state index is 13.4. The molecular formula is C22H22FN3O2S. The first-order valence-corrected chi connectivity index (χ1v) is 10.4. The first kappa shape index (κ1) is 20.8. The third-order valence-electron chi connectivity index (χ3n) is 4.37. The molecule has 29 heavy (non-hydrogen) atoms. The number of hydrogen-bond donors (Lipinski definition) is 1. The van der Waals surface area contributed by atoms with Crippen molar-refractivity contribution in [3.8, 4) is 11.5 Å². The molecule has 1 heterocycles. The summed E-state index contributed by atoms with van der Waals surface area (Å²) in [5.41, 5.74) is 3.31. The Labute approximate surface area is 173 Å². The average molecular weight is 412 g/mol. The Morgan fingerprint density at radius 1 is 1.10 bits per heavy atom. The van der Waals surface area contributed by atoms with Gasteiger partial charge >= 0.3 is 0 Å². The molecule has 1 amide bonds. The summed E-state index contributed by atoms with van der Waals surface area (Å²) in [6.45, 7) is 3.87. The SMILES string of the molecule is CSc1nc(C)c(CCC(=O)Nc2ccccc2Oc2cccc(F)c2)c(C)n1. The summed E-state index contributed by atoms with van der Waals surface area (Å²) in [6.07, 6.45) is 2.77. The van der Waals surface area contributed by atoms with Gasteiger partial charge in [0, 0.05) is 23.9 Å². The Hall–Kier alpha value is -2.93. The topological polar surface area (TPSA) is 64.1 Å². The van der Waals surface area contributed by atoms with Gasteiger partial charge in [0.05, 0.1) is 5.69 Å². The van der Waals surface area contributed by atoms with Crippen LogP contribution in [0.2, 0.25) is 0 Å². The van der Waals surface area contributed by atoms with Crippen LogP contribution in [0.15, 0.2) is 53.7 Å². The number of halogens is 1. The molecule has 0 saturated heterocycles. The molecular weight excluding hydrogens is 389 g/mol. The van der Waals surface area contributed by atoms with Gasteiger partial charge in [-0.15, -0.1) is 0 Å². The fourth-order valence-corrected chi connectivity index (χ4v) is 3.39. The highest BCUT2D eigenvalue weighted by atomic mass is 32.2. The second kappa shape index (κ2) is 9.52. The van der Waals surface area contributed by atoms with Crippen molar-refractivity contribution in [1.82, 2.24) is 9.97 Å². The maximum Gasteiger partial charge on any atom is 0.224 e. The number of aromatic nitrogens is 2. The number of anilines is 1. The summed E-state index contributed by atoms with van der Waals surface area (Å²) < 4.78 is 19.1. The van der Waals surface area contributed by atoms with Gasteiger partial charge in [-0.1, -0.05) is 30.0 Å². The van der Waals surface area contributed by atoms with Gasteiger partial charge in [0.25, 0.3) is 0 Å². The van der Waals surface area contributed by atoms with Gasteiger partial charge < -0.3 is 10.1 Å². The third kappa shape index (κ3) is 5.54. The van der Waals surface area contributed by atoms with Gasteiger partial charge in [-0.2, -0.15) is 0 Å². The molecule has 7 heteroatoms. The molecule has 0 saturated carbocycles. The van der Waals surface area contributed by atoms with Gasteiger partial charge in [-0.25, -0.2) is 14.4 Å². The zero-order valence-electron chi connectivity index (χ0n) is 16.5. The summed E-state index contributed by atoms with van der Waals surface area (Å²) in [7, 11) is 0. The zero-order valence-corrected chi connectivity index (χ0v) is 17.3. The van der Waals surface area contributed by atoms with Crippen molar-refractivity contribution < 1.29 is 13.9 Å². The zero-order chi connectivity index (χ0) is 20.8. The van der Waals surface area contributed by atoms with Crippen LogP contribution in [-0.4, -0.2) is 22.1 Å². The molecule has 0 aliphatic heterocycles. The van der Waals surface area contributed by atoms with E-state index in [4.69, 9.17) is 4.74 Å². The number of amides is 1. The molecule has 0 spiro atoms. The van der Waals surface area contributed by atoms with E-state index < -0.39 is 0 Å². The molecule has 0 aliphatic rings. The molecule has 0 fully saturated rings. The quantitative estimate of drug-likeness (QED) is 0.421. The second-order valence-electron chi connectivity index (χ2n) is 6.46. The smallest absolute Gasteiger partial charge is 0.224 e. The van der Waals surface area contributed by atoms with Crippen molar-refractivity contribution in [2.45, 2.75) is 31.8 Å². The summed E-state index contributed by atoms with van der Waals surface area (Å²) in [5.74, 6) is 0.285. The number of thioether (sulfide) groups is 1. The van der Waals surface area contributed by atoms with E-state index in [1.54, 1.807) is 36.4 Å². The highest BCUT2D eigenvalue weighted by Crippen LogP contribution is 2.29. The van der Waals surface area contributed by atoms with E-state index in [9.17, 15) is 9.18 Å². The van der Waals surface area contributed by atoms with E-state index in [2.05, 4.69) is 15.3 Å². The first-order valence-electron chi connectivity index (χ1n) is 9.16. The van der Waals surface area contributed by atoms with Crippen LogP contribution < -0.4 is 10.1 Å². The molecule has 3 rings (SSSR count). The lowest BCUT2D eigenvalue weighted by Gasteiger charge is -2.13. The molecule has 0 atom stereocenters. The number of carbonyl (C=O) groups is 1. The fourth-order valence-electron chi connectivity index (χ4n) is 2.93. The largest absolute Gasteiger partial charge is 0.455 e. The summed E-state index contributed by atoms with van der Waals surface area (Å²) in [5, 5.41) is 3.61. The summed E-state index contributed by atoms with van der Waals surface area (Å²) in [4.78, 5) is 21.4. The molecule has 3 aromatic rings. The molecule has 5 nitrogen and oxygen atoms in total. The average Bonchev–Trinajstić information content (AvgIpc) is 2.68. The van der Waals surface area contributed by atoms with E-state index in [0.29, 0.717) is 23.6 Å². The number of nitrogens with zero attached hydrogens (tertiary/aromatic N) is 2. The molecule has 0 unspecified atom stereocenters. The number of nitrogens with one attached hydrogen (secondary N) is 1. The fraction of sp³-hybridized carbons (Fsp3) is 0.227. The van der Waals surface area contributed by atoms with E-state index in [1.165, 1.54) is 23.9 Å².